The summed E-state index contributed by atoms with van der Waals surface area (Å²) in [4.78, 5) is 0. The quantitative estimate of drug-likeness (QED) is 0.712. The van der Waals surface area contributed by atoms with Crippen LogP contribution in [-0.2, 0) is 0 Å². The summed E-state index contributed by atoms with van der Waals surface area (Å²) in [5, 5.41) is 9.06. The highest BCUT2D eigenvalue weighted by atomic mass is 16.3. The van der Waals surface area contributed by atoms with E-state index >= 15 is 0 Å². The monoisotopic (exact) mass is 213 g/mol. The van der Waals surface area contributed by atoms with Gasteiger partial charge in [-0.3, -0.25) is 0 Å². The maximum atomic E-state index is 9.06. The Morgan fingerprint density at radius 2 is 1.93 bits per heavy atom. The van der Waals surface area contributed by atoms with Crippen LogP contribution in [0.4, 0.5) is 0 Å². The molecule has 3 N–H and O–H groups in total. The standard InChI is InChI=1S/C13H27NO/c1-2-13(14)12(8-9-15)10-11-6-4-3-5-7-11/h11-13,15H,2-10,14H2,1H3. The lowest BCUT2D eigenvalue weighted by molar-refractivity contribution is 0.201. The molecule has 2 atom stereocenters. The van der Waals surface area contributed by atoms with Crippen molar-refractivity contribution in [3.8, 4) is 0 Å². The second-order valence-corrected chi connectivity index (χ2v) is 5.08. The SMILES string of the molecule is CCC(N)C(CCO)CC1CCCCC1. The molecule has 2 nitrogen and oxygen atoms in total. The molecule has 15 heavy (non-hydrogen) atoms. The average Bonchev–Trinajstić information content (AvgIpc) is 2.29. The fourth-order valence-electron chi connectivity index (χ4n) is 2.86. The van der Waals surface area contributed by atoms with Gasteiger partial charge in [0.1, 0.15) is 0 Å². The van der Waals surface area contributed by atoms with Gasteiger partial charge in [0.25, 0.3) is 0 Å². The Morgan fingerprint density at radius 1 is 1.27 bits per heavy atom. The van der Waals surface area contributed by atoms with Crippen molar-refractivity contribution in [1.29, 1.82) is 0 Å². The van der Waals surface area contributed by atoms with E-state index in [0.29, 0.717) is 18.6 Å². The summed E-state index contributed by atoms with van der Waals surface area (Å²) in [6.07, 6.45) is 10.2. The summed E-state index contributed by atoms with van der Waals surface area (Å²) in [5.41, 5.74) is 6.11. The van der Waals surface area contributed by atoms with E-state index in [1.54, 1.807) is 0 Å². The van der Waals surface area contributed by atoms with Gasteiger partial charge in [-0.2, -0.15) is 0 Å². The molecule has 0 aromatic rings. The zero-order chi connectivity index (χ0) is 11.1. The largest absolute Gasteiger partial charge is 0.396 e. The molecule has 0 amide bonds. The van der Waals surface area contributed by atoms with Crippen LogP contribution >= 0.6 is 0 Å². The second kappa shape index (κ2) is 7.24. The van der Waals surface area contributed by atoms with E-state index in [4.69, 9.17) is 10.8 Å². The Morgan fingerprint density at radius 3 is 2.47 bits per heavy atom. The second-order valence-electron chi connectivity index (χ2n) is 5.08. The number of rotatable bonds is 6. The first-order chi connectivity index (χ1) is 7.27. The van der Waals surface area contributed by atoms with Gasteiger partial charge in [0.15, 0.2) is 0 Å². The van der Waals surface area contributed by atoms with Crippen LogP contribution in [0, 0.1) is 11.8 Å². The van der Waals surface area contributed by atoms with E-state index in [1.165, 1.54) is 38.5 Å². The van der Waals surface area contributed by atoms with Crippen LogP contribution in [0.1, 0.15) is 58.3 Å². The van der Waals surface area contributed by atoms with E-state index in [2.05, 4.69) is 6.92 Å². The summed E-state index contributed by atoms with van der Waals surface area (Å²) in [5.74, 6) is 1.43. The molecule has 2 heteroatoms. The molecular formula is C13H27NO. The topological polar surface area (TPSA) is 46.2 Å². The molecule has 0 saturated heterocycles. The van der Waals surface area contributed by atoms with Crippen LogP contribution in [0.25, 0.3) is 0 Å². The summed E-state index contributed by atoms with van der Waals surface area (Å²) in [6, 6.07) is 0.291. The van der Waals surface area contributed by atoms with Crippen LogP contribution in [0.3, 0.4) is 0 Å². The fraction of sp³-hybridized carbons (Fsp3) is 1.00. The Kier molecular flexibility index (Phi) is 6.26. The van der Waals surface area contributed by atoms with Crippen LogP contribution in [0.15, 0.2) is 0 Å². The number of hydrogen-bond acceptors (Lipinski definition) is 2. The molecular weight excluding hydrogens is 186 g/mol. The normalized spacial score (nSPS) is 22.6. The van der Waals surface area contributed by atoms with Gasteiger partial charge in [0, 0.05) is 12.6 Å². The summed E-state index contributed by atoms with van der Waals surface area (Å²) in [7, 11) is 0. The van der Waals surface area contributed by atoms with Crippen molar-refractivity contribution in [3.63, 3.8) is 0 Å². The third-order valence-corrected chi connectivity index (χ3v) is 3.94. The van der Waals surface area contributed by atoms with Gasteiger partial charge in [-0.25, -0.2) is 0 Å². The van der Waals surface area contributed by atoms with Crippen molar-refractivity contribution < 1.29 is 5.11 Å². The van der Waals surface area contributed by atoms with Gasteiger partial charge in [-0.05, 0) is 31.1 Å². The maximum Gasteiger partial charge on any atom is 0.0434 e. The predicted molar refractivity (Wildman–Crippen MR) is 64.7 cm³/mol. The molecule has 1 aliphatic carbocycles. The van der Waals surface area contributed by atoms with Crippen molar-refractivity contribution in [2.45, 2.75) is 64.3 Å². The highest BCUT2D eigenvalue weighted by molar-refractivity contribution is 4.76. The first-order valence-electron chi connectivity index (χ1n) is 6.64. The van der Waals surface area contributed by atoms with Crippen molar-refractivity contribution >= 4 is 0 Å². The molecule has 1 rings (SSSR count). The molecule has 1 saturated carbocycles. The van der Waals surface area contributed by atoms with Gasteiger partial charge in [0.05, 0.1) is 0 Å². The summed E-state index contributed by atoms with van der Waals surface area (Å²) < 4.78 is 0. The van der Waals surface area contributed by atoms with E-state index in [-0.39, 0.29) is 0 Å². The molecule has 0 aliphatic heterocycles. The Balaban J connectivity index is 2.34. The van der Waals surface area contributed by atoms with Crippen molar-refractivity contribution in [2.75, 3.05) is 6.61 Å². The lowest BCUT2D eigenvalue weighted by atomic mass is 9.79. The molecule has 1 fully saturated rings. The van der Waals surface area contributed by atoms with Gasteiger partial charge in [0.2, 0.25) is 0 Å². The Labute approximate surface area is 94.2 Å². The molecule has 1 aliphatic rings. The minimum Gasteiger partial charge on any atom is -0.396 e. The molecule has 90 valence electrons. The van der Waals surface area contributed by atoms with Gasteiger partial charge >= 0.3 is 0 Å². The van der Waals surface area contributed by atoms with E-state index < -0.39 is 0 Å². The highest BCUT2D eigenvalue weighted by Gasteiger charge is 2.22. The average molecular weight is 213 g/mol. The van der Waals surface area contributed by atoms with Crippen LogP contribution in [-0.4, -0.2) is 17.8 Å². The third kappa shape index (κ3) is 4.52. The third-order valence-electron chi connectivity index (χ3n) is 3.94. The van der Waals surface area contributed by atoms with E-state index in [1.807, 2.05) is 0 Å². The first kappa shape index (κ1) is 13.0. The fourth-order valence-corrected chi connectivity index (χ4v) is 2.86. The van der Waals surface area contributed by atoms with Gasteiger partial charge in [-0.15, -0.1) is 0 Å². The number of nitrogens with two attached hydrogens (primary N) is 1. The molecule has 0 heterocycles. The number of aliphatic hydroxyl groups is 1. The smallest absolute Gasteiger partial charge is 0.0434 e. The van der Waals surface area contributed by atoms with Crippen molar-refractivity contribution in [1.82, 2.24) is 0 Å². The van der Waals surface area contributed by atoms with Crippen LogP contribution < -0.4 is 5.73 Å². The molecule has 0 spiro atoms. The summed E-state index contributed by atoms with van der Waals surface area (Å²) >= 11 is 0. The first-order valence-corrected chi connectivity index (χ1v) is 6.64. The minimum absolute atomic E-state index is 0.291. The molecule has 0 radical (unpaired) electrons. The van der Waals surface area contributed by atoms with Crippen molar-refractivity contribution in [3.05, 3.63) is 0 Å². The van der Waals surface area contributed by atoms with E-state index in [9.17, 15) is 0 Å². The van der Waals surface area contributed by atoms with Crippen molar-refractivity contribution in [2.24, 2.45) is 17.6 Å². The Bertz CT molecular complexity index is 155. The van der Waals surface area contributed by atoms with Crippen LogP contribution in [0.2, 0.25) is 0 Å². The van der Waals surface area contributed by atoms with E-state index in [0.717, 1.165) is 18.8 Å². The summed E-state index contributed by atoms with van der Waals surface area (Å²) in [6.45, 7) is 2.45. The van der Waals surface area contributed by atoms with Crippen LogP contribution in [0.5, 0.6) is 0 Å². The molecule has 0 aromatic carbocycles. The Hall–Kier alpha value is -0.0800. The molecule has 2 unspecified atom stereocenters. The maximum absolute atomic E-state index is 9.06. The molecule has 0 bridgehead atoms. The highest BCUT2D eigenvalue weighted by Crippen LogP contribution is 2.31. The lowest BCUT2D eigenvalue weighted by Gasteiger charge is -2.29. The zero-order valence-corrected chi connectivity index (χ0v) is 10.1. The van der Waals surface area contributed by atoms with Gasteiger partial charge in [-0.1, -0.05) is 39.0 Å². The number of aliphatic hydroxyl groups excluding tert-OH is 1. The lowest BCUT2D eigenvalue weighted by Crippen LogP contribution is -2.32. The molecule has 0 aromatic heterocycles. The predicted octanol–water partition coefficient (Wildman–Crippen LogP) is 2.69. The van der Waals surface area contributed by atoms with Gasteiger partial charge < -0.3 is 10.8 Å². The number of hydrogen-bond donors (Lipinski definition) is 2. The zero-order valence-electron chi connectivity index (χ0n) is 10.1. The minimum atomic E-state index is 0.291.